The van der Waals surface area contributed by atoms with Crippen molar-refractivity contribution in [2.45, 2.75) is 0 Å². The van der Waals surface area contributed by atoms with Crippen molar-refractivity contribution < 1.29 is 4.92 Å². The largest absolute Gasteiger partial charge is 0.360 e. The Morgan fingerprint density at radius 1 is 1.53 bits per heavy atom. The fourth-order valence-electron chi connectivity index (χ4n) is 1.68. The van der Waals surface area contributed by atoms with Crippen LogP contribution in [0.1, 0.15) is 0 Å². The van der Waals surface area contributed by atoms with Crippen LogP contribution in [0.2, 0.25) is 5.02 Å². The van der Waals surface area contributed by atoms with Gasteiger partial charge in [-0.15, -0.1) is 0 Å². The maximum atomic E-state index is 11.0. The van der Waals surface area contributed by atoms with E-state index in [1.54, 1.807) is 17.0 Å². The third-order valence-corrected chi connectivity index (χ3v) is 3.32. The Hall–Kier alpha value is -1.27. The second kappa shape index (κ2) is 4.54. The van der Waals surface area contributed by atoms with Crippen LogP contribution in [-0.4, -0.2) is 23.5 Å². The van der Waals surface area contributed by atoms with Gasteiger partial charge in [0.2, 0.25) is 0 Å². The lowest BCUT2D eigenvalue weighted by Gasteiger charge is -2.20. The summed E-state index contributed by atoms with van der Waals surface area (Å²) in [5.74, 6) is 0. The summed E-state index contributed by atoms with van der Waals surface area (Å²) >= 11 is 9.42. The fourth-order valence-corrected chi connectivity index (χ4v) is 2.59. The van der Waals surface area contributed by atoms with Crippen molar-refractivity contribution in [2.75, 3.05) is 18.6 Å². The van der Waals surface area contributed by atoms with E-state index in [-0.39, 0.29) is 5.69 Å². The number of anilines is 1. The maximum absolute atomic E-state index is 11.0. The van der Waals surface area contributed by atoms with Crippen LogP contribution in [-0.2, 0) is 0 Å². The highest BCUT2D eigenvalue weighted by atomic mass is 79.9. The van der Waals surface area contributed by atoms with Gasteiger partial charge in [0, 0.05) is 19.3 Å². The van der Waals surface area contributed by atoms with Gasteiger partial charge in [0.1, 0.15) is 10.3 Å². The summed E-state index contributed by atoms with van der Waals surface area (Å²) < 4.78 is 0.746. The van der Waals surface area contributed by atoms with Crippen molar-refractivity contribution in [1.29, 1.82) is 0 Å². The van der Waals surface area contributed by atoms with Crippen molar-refractivity contribution >= 4 is 38.9 Å². The van der Waals surface area contributed by atoms with E-state index >= 15 is 0 Å². The Balaban J connectivity index is 2.52. The molecule has 0 saturated heterocycles. The molecule has 1 heterocycles. The number of halogens is 2. The second-order valence-electron chi connectivity index (χ2n) is 3.64. The van der Waals surface area contributed by atoms with Gasteiger partial charge in [-0.3, -0.25) is 10.1 Å². The van der Waals surface area contributed by atoms with E-state index < -0.39 is 4.92 Å². The highest BCUT2D eigenvalue weighted by molar-refractivity contribution is 9.11. The molecular formula is C10H9BrClN3O2. The molecule has 0 bridgehead atoms. The quantitative estimate of drug-likeness (QED) is 0.477. The van der Waals surface area contributed by atoms with Gasteiger partial charge in [0.05, 0.1) is 16.6 Å². The first-order valence-corrected chi connectivity index (χ1v) is 5.96. The Labute approximate surface area is 112 Å². The summed E-state index contributed by atoms with van der Waals surface area (Å²) in [6.45, 7) is 0.519. The van der Waals surface area contributed by atoms with E-state index in [4.69, 9.17) is 11.6 Å². The van der Waals surface area contributed by atoms with E-state index in [0.29, 0.717) is 17.4 Å². The Kier molecular flexibility index (Phi) is 3.26. The smallest absolute Gasteiger partial charge is 0.294 e. The van der Waals surface area contributed by atoms with Crippen LogP contribution in [0, 0.1) is 10.1 Å². The standard InChI is InChI=1S/C10H9BrClN3O2/c1-13-5-9(11)14(6-13)10-7(12)3-2-4-8(10)15(16)17/h2-5H,6H2,1H3. The van der Waals surface area contributed by atoms with Crippen LogP contribution in [0.25, 0.3) is 0 Å². The summed E-state index contributed by atoms with van der Waals surface area (Å²) in [6.07, 6.45) is 1.84. The Morgan fingerprint density at radius 2 is 2.24 bits per heavy atom. The molecule has 0 fully saturated rings. The molecule has 17 heavy (non-hydrogen) atoms. The molecule has 1 aliphatic heterocycles. The lowest BCUT2D eigenvalue weighted by molar-refractivity contribution is -0.384. The van der Waals surface area contributed by atoms with Crippen molar-refractivity contribution in [1.82, 2.24) is 4.90 Å². The molecule has 1 aliphatic rings. The summed E-state index contributed by atoms with van der Waals surface area (Å²) in [6, 6.07) is 4.66. The molecule has 1 aromatic rings. The average molecular weight is 319 g/mol. The number of para-hydroxylation sites is 1. The zero-order valence-electron chi connectivity index (χ0n) is 8.93. The fraction of sp³-hybridized carbons (Fsp3) is 0.200. The van der Waals surface area contributed by atoms with Crippen molar-refractivity contribution in [3.8, 4) is 0 Å². The van der Waals surface area contributed by atoms with Gasteiger partial charge in [-0.1, -0.05) is 17.7 Å². The molecule has 2 rings (SSSR count). The number of nitro benzene ring substituents is 1. The average Bonchev–Trinajstić information content (AvgIpc) is 2.57. The van der Waals surface area contributed by atoms with E-state index in [9.17, 15) is 10.1 Å². The maximum Gasteiger partial charge on any atom is 0.294 e. The van der Waals surface area contributed by atoms with E-state index in [0.717, 1.165) is 4.61 Å². The number of hydrogen-bond donors (Lipinski definition) is 0. The highest BCUT2D eigenvalue weighted by Crippen LogP contribution is 2.40. The highest BCUT2D eigenvalue weighted by Gasteiger charge is 2.27. The first kappa shape index (κ1) is 12.2. The van der Waals surface area contributed by atoms with E-state index in [1.807, 2.05) is 18.1 Å². The van der Waals surface area contributed by atoms with Crippen molar-refractivity contribution in [3.63, 3.8) is 0 Å². The van der Waals surface area contributed by atoms with Gasteiger partial charge < -0.3 is 9.80 Å². The molecule has 1 aromatic carbocycles. The van der Waals surface area contributed by atoms with E-state index in [1.165, 1.54) is 6.07 Å². The molecule has 0 saturated carbocycles. The van der Waals surface area contributed by atoms with Gasteiger partial charge in [-0.25, -0.2) is 0 Å². The first-order chi connectivity index (χ1) is 8.00. The first-order valence-electron chi connectivity index (χ1n) is 4.78. The summed E-state index contributed by atoms with van der Waals surface area (Å²) in [5.41, 5.74) is 0.407. The Bertz CT molecular complexity index is 506. The number of hydrogen-bond acceptors (Lipinski definition) is 4. The predicted molar refractivity (Wildman–Crippen MR) is 70.2 cm³/mol. The van der Waals surface area contributed by atoms with Crippen LogP contribution in [0.5, 0.6) is 0 Å². The van der Waals surface area contributed by atoms with E-state index in [2.05, 4.69) is 15.9 Å². The molecule has 0 aliphatic carbocycles. The molecule has 0 aromatic heterocycles. The zero-order valence-corrected chi connectivity index (χ0v) is 11.3. The zero-order chi connectivity index (χ0) is 12.6. The predicted octanol–water partition coefficient (Wildman–Crippen LogP) is 3.15. The molecule has 90 valence electrons. The van der Waals surface area contributed by atoms with Crippen LogP contribution >= 0.6 is 27.5 Å². The number of nitrogens with zero attached hydrogens (tertiary/aromatic N) is 3. The third kappa shape index (κ3) is 2.23. The minimum absolute atomic E-state index is 0.00171. The van der Waals surface area contributed by atoms with Gasteiger partial charge in [0.15, 0.2) is 0 Å². The van der Waals surface area contributed by atoms with Crippen LogP contribution < -0.4 is 4.90 Å². The third-order valence-electron chi connectivity index (χ3n) is 2.38. The molecule has 0 atom stereocenters. The molecule has 0 amide bonds. The topological polar surface area (TPSA) is 49.6 Å². The summed E-state index contributed by atoms with van der Waals surface area (Å²) in [5, 5.41) is 11.4. The van der Waals surface area contributed by atoms with Crippen molar-refractivity contribution in [3.05, 3.63) is 44.1 Å². The molecule has 5 nitrogen and oxygen atoms in total. The second-order valence-corrected chi connectivity index (χ2v) is 4.86. The van der Waals surface area contributed by atoms with Gasteiger partial charge in [-0.2, -0.15) is 0 Å². The lowest BCUT2D eigenvalue weighted by Crippen LogP contribution is -2.24. The minimum atomic E-state index is -0.431. The monoisotopic (exact) mass is 317 g/mol. The van der Waals surface area contributed by atoms with Gasteiger partial charge in [-0.05, 0) is 22.0 Å². The van der Waals surface area contributed by atoms with Crippen molar-refractivity contribution in [2.24, 2.45) is 0 Å². The lowest BCUT2D eigenvalue weighted by atomic mass is 10.2. The molecule has 7 heteroatoms. The molecule has 0 spiro atoms. The number of nitro groups is 1. The number of rotatable bonds is 2. The SMILES string of the molecule is CN1C=C(Br)N(c2c(Cl)cccc2[N+](=O)[O-])C1. The van der Waals surface area contributed by atoms with Crippen LogP contribution in [0.4, 0.5) is 11.4 Å². The molecule has 0 radical (unpaired) electrons. The molecule has 0 unspecified atom stereocenters. The van der Waals surface area contributed by atoms with Crippen LogP contribution in [0.15, 0.2) is 29.0 Å². The summed E-state index contributed by atoms with van der Waals surface area (Å²) in [4.78, 5) is 14.2. The Morgan fingerprint density at radius 3 is 2.76 bits per heavy atom. The van der Waals surface area contributed by atoms with Gasteiger partial charge >= 0.3 is 0 Å². The minimum Gasteiger partial charge on any atom is -0.360 e. The van der Waals surface area contributed by atoms with Crippen LogP contribution in [0.3, 0.4) is 0 Å². The summed E-state index contributed by atoms with van der Waals surface area (Å²) in [7, 11) is 1.88. The number of benzene rings is 1. The normalized spacial score (nSPS) is 15.1. The molecule has 0 N–H and O–H groups in total. The van der Waals surface area contributed by atoms with Gasteiger partial charge in [0.25, 0.3) is 5.69 Å². The molecular weight excluding hydrogens is 309 g/mol.